The summed E-state index contributed by atoms with van der Waals surface area (Å²) in [5, 5.41) is 3.79. The van der Waals surface area contributed by atoms with Crippen LogP contribution in [0, 0.1) is 0 Å². The van der Waals surface area contributed by atoms with Crippen LogP contribution in [0.3, 0.4) is 0 Å². The topological polar surface area (TPSA) is 32.3 Å². The Morgan fingerprint density at radius 3 is 2.94 bits per heavy atom. The number of hydrogen-bond donors (Lipinski definition) is 1. The van der Waals surface area contributed by atoms with Crippen molar-refractivity contribution in [2.45, 2.75) is 17.4 Å². The van der Waals surface area contributed by atoms with Gasteiger partial charge in [0.1, 0.15) is 0 Å². The van der Waals surface area contributed by atoms with Gasteiger partial charge in [0, 0.05) is 24.5 Å². The first kappa shape index (κ1) is 13.7. The van der Waals surface area contributed by atoms with Gasteiger partial charge in [0.05, 0.1) is 10.6 Å². The molecule has 1 heterocycles. The molecule has 1 unspecified atom stereocenters. The molecule has 1 atom stereocenters. The Labute approximate surface area is 117 Å². The summed E-state index contributed by atoms with van der Waals surface area (Å²) < 4.78 is 0. The number of hydrogen-bond acceptors (Lipinski definition) is 3. The second-order valence-electron chi connectivity index (χ2n) is 4.41. The third-order valence-corrected chi connectivity index (χ3v) is 4.36. The van der Waals surface area contributed by atoms with E-state index in [1.807, 2.05) is 25.4 Å². The average molecular weight is 285 g/mol. The Morgan fingerprint density at radius 2 is 2.33 bits per heavy atom. The van der Waals surface area contributed by atoms with E-state index in [-0.39, 0.29) is 11.9 Å². The van der Waals surface area contributed by atoms with Crippen LogP contribution in [-0.2, 0) is 0 Å². The van der Waals surface area contributed by atoms with Gasteiger partial charge >= 0.3 is 0 Å². The Hall–Kier alpha value is -0.710. The van der Waals surface area contributed by atoms with E-state index in [1.165, 1.54) is 0 Å². The number of thioether (sulfide) groups is 1. The largest absolute Gasteiger partial charge is 0.337 e. The van der Waals surface area contributed by atoms with Crippen LogP contribution in [0.2, 0.25) is 5.02 Å². The third-order valence-electron chi connectivity index (χ3n) is 3.31. The minimum atomic E-state index is 0.00426. The van der Waals surface area contributed by atoms with Crippen molar-refractivity contribution in [3.8, 4) is 0 Å². The van der Waals surface area contributed by atoms with Crippen LogP contribution in [0.15, 0.2) is 23.1 Å². The first-order valence-corrected chi connectivity index (χ1v) is 7.55. The van der Waals surface area contributed by atoms with Gasteiger partial charge in [-0.25, -0.2) is 0 Å². The van der Waals surface area contributed by atoms with E-state index in [0.29, 0.717) is 10.6 Å². The van der Waals surface area contributed by atoms with Crippen LogP contribution in [-0.4, -0.2) is 43.2 Å². The highest BCUT2D eigenvalue weighted by Gasteiger charge is 2.25. The molecule has 1 aromatic carbocycles. The second-order valence-corrected chi connectivity index (χ2v) is 5.70. The zero-order valence-corrected chi connectivity index (χ0v) is 12.1. The smallest absolute Gasteiger partial charge is 0.255 e. The third kappa shape index (κ3) is 2.82. The molecule has 5 heteroatoms. The zero-order valence-electron chi connectivity index (χ0n) is 10.6. The van der Waals surface area contributed by atoms with E-state index in [2.05, 4.69) is 5.32 Å². The summed E-state index contributed by atoms with van der Waals surface area (Å²) in [4.78, 5) is 15.3. The molecule has 18 heavy (non-hydrogen) atoms. The number of halogens is 1. The molecule has 3 nitrogen and oxygen atoms in total. The highest BCUT2D eigenvalue weighted by Crippen LogP contribution is 2.24. The SMILES string of the molecule is CSc1ccc(Cl)c(C(=O)N(C)C2CCNC2)c1. The van der Waals surface area contributed by atoms with Crippen molar-refractivity contribution in [3.05, 3.63) is 28.8 Å². The molecule has 1 aliphatic heterocycles. The normalized spacial score (nSPS) is 18.9. The summed E-state index contributed by atoms with van der Waals surface area (Å²) in [6, 6.07) is 5.86. The van der Waals surface area contributed by atoms with Gasteiger partial charge in [-0.05, 0) is 37.4 Å². The molecule has 0 radical (unpaired) electrons. The van der Waals surface area contributed by atoms with Gasteiger partial charge in [0.15, 0.2) is 0 Å². The summed E-state index contributed by atoms with van der Waals surface area (Å²) in [6.07, 6.45) is 2.99. The number of nitrogens with one attached hydrogen (secondary N) is 1. The molecular formula is C13H17ClN2OS. The minimum Gasteiger partial charge on any atom is -0.337 e. The van der Waals surface area contributed by atoms with E-state index in [1.54, 1.807) is 22.7 Å². The van der Waals surface area contributed by atoms with Gasteiger partial charge in [0.25, 0.3) is 5.91 Å². The van der Waals surface area contributed by atoms with E-state index < -0.39 is 0 Å². The maximum absolute atomic E-state index is 12.4. The summed E-state index contributed by atoms with van der Waals surface area (Å²) in [6.45, 7) is 1.84. The Bertz CT molecular complexity index is 447. The molecule has 0 spiro atoms. The van der Waals surface area contributed by atoms with E-state index in [9.17, 15) is 4.79 Å². The molecule has 0 aromatic heterocycles. The molecule has 0 aliphatic carbocycles. The molecular weight excluding hydrogens is 268 g/mol. The summed E-state index contributed by atoms with van der Waals surface area (Å²) in [5.41, 5.74) is 0.595. The van der Waals surface area contributed by atoms with Crippen LogP contribution in [0.4, 0.5) is 0 Å². The summed E-state index contributed by atoms with van der Waals surface area (Å²) >= 11 is 7.74. The van der Waals surface area contributed by atoms with Crippen LogP contribution in [0.25, 0.3) is 0 Å². The highest BCUT2D eigenvalue weighted by molar-refractivity contribution is 7.98. The van der Waals surface area contributed by atoms with Crippen molar-refractivity contribution in [1.82, 2.24) is 10.2 Å². The number of carbonyl (C=O) groups is 1. The van der Waals surface area contributed by atoms with Crippen LogP contribution in [0.5, 0.6) is 0 Å². The zero-order chi connectivity index (χ0) is 13.1. The lowest BCUT2D eigenvalue weighted by Gasteiger charge is -2.24. The predicted octanol–water partition coefficient (Wildman–Crippen LogP) is 2.50. The van der Waals surface area contributed by atoms with Crippen LogP contribution >= 0.6 is 23.4 Å². The van der Waals surface area contributed by atoms with Crippen LogP contribution in [0.1, 0.15) is 16.8 Å². The maximum atomic E-state index is 12.4. The van der Waals surface area contributed by atoms with Gasteiger partial charge in [-0.2, -0.15) is 0 Å². The molecule has 2 rings (SSSR count). The van der Waals surface area contributed by atoms with Gasteiger partial charge in [0.2, 0.25) is 0 Å². The fourth-order valence-corrected chi connectivity index (χ4v) is 2.76. The van der Waals surface area contributed by atoms with Gasteiger partial charge in [-0.15, -0.1) is 11.8 Å². The molecule has 1 N–H and O–H groups in total. The fraction of sp³-hybridized carbons (Fsp3) is 0.462. The molecule has 1 aromatic rings. The minimum absolute atomic E-state index is 0.00426. The Kier molecular flexibility index (Phi) is 4.54. The molecule has 98 valence electrons. The summed E-state index contributed by atoms with van der Waals surface area (Å²) in [7, 11) is 1.85. The molecule has 0 bridgehead atoms. The first-order chi connectivity index (χ1) is 8.63. The van der Waals surface area contributed by atoms with Gasteiger partial charge in [-0.3, -0.25) is 4.79 Å². The molecule has 0 saturated carbocycles. The first-order valence-electron chi connectivity index (χ1n) is 5.95. The predicted molar refractivity (Wildman–Crippen MR) is 76.6 cm³/mol. The Morgan fingerprint density at radius 1 is 1.56 bits per heavy atom. The lowest BCUT2D eigenvalue weighted by atomic mass is 10.1. The molecule has 1 fully saturated rings. The monoisotopic (exact) mass is 284 g/mol. The van der Waals surface area contributed by atoms with E-state index in [4.69, 9.17) is 11.6 Å². The second kappa shape index (κ2) is 5.95. The van der Waals surface area contributed by atoms with Crippen molar-refractivity contribution in [3.63, 3.8) is 0 Å². The quantitative estimate of drug-likeness (QED) is 0.866. The van der Waals surface area contributed by atoms with Gasteiger partial charge < -0.3 is 10.2 Å². The maximum Gasteiger partial charge on any atom is 0.255 e. The lowest BCUT2D eigenvalue weighted by Crippen LogP contribution is -2.38. The number of benzene rings is 1. The standard InChI is InChI=1S/C13H17ClN2OS/c1-16(9-5-6-15-8-9)13(17)11-7-10(18-2)3-4-12(11)14/h3-4,7,9,15H,5-6,8H2,1-2H3. The van der Waals surface area contributed by atoms with Crippen molar-refractivity contribution in [1.29, 1.82) is 0 Å². The van der Waals surface area contributed by atoms with Crippen molar-refractivity contribution >= 4 is 29.3 Å². The Balaban J connectivity index is 2.21. The van der Waals surface area contributed by atoms with E-state index in [0.717, 1.165) is 24.4 Å². The highest BCUT2D eigenvalue weighted by atomic mass is 35.5. The average Bonchev–Trinajstić information content (AvgIpc) is 2.91. The number of rotatable bonds is 3. The molecule has 1 saturated heterocycles. The van der Waals surface area contributed by atoms with Gasteiger partial charge in [-0.1, -0.05) is 11.6 Å². The van der Waals surface area contributed by atoms with E-state index >= 15 is 0 Å². The fourth-order valence-electron chi connectivity index (χ4n) is 2.12. The van der Waals surface area contributed by atoms with Crippen molar-refractivity contribution in [2.75, 3.05) is 26.4 Å². The number of nitrogens with zero attached hydrogens (tertiary/aromatic N) is 1. The van der Waals surface area contributed by atoms with Crippen LogP contribution < -0.4 is 5.32 Å². The molecule has 1 amide bonds. The van der Waals surface area contributed by atoms with Crippen molar-refractivity contribution < 1.29 is 4.79 Å². The number of amides is 1. The van der Waals surface area contributed by atoms with Crippen molar-refractivity contribution in [2.24, 2.45) is 0 Å². The summed E-state index contributed by atoms with van der Waals surface area (Å²) in [5.74, 6) is 0.00426. The molecule has 1 aliphatic rings. The number of carbonyl (C=O) groups excluding carboxylic acids is 1. The lowest BCUT2D eigenvalue weighted by molar-refractivity contribution is 0.0743. The number of likely N-dealkylation sites (N-methyl/N-ethyl adjacent to an activating group) is 1.